The largest absolute Gasteiger partial charge is 0.376 e. The van der Waals surface area contributed by atoms with Gasteiger partial charge in [-0.3, -0.25) is 14.6 Å². The molecule has 0 radical (unpaired) electrons. The Morgan fingerprint density at radius 3 is 2.48 bits per heavy atom. The van der Waals surface area contributed by atoms with Crippen molar-refractivity contribution in [3.63, 3.8) is 0 Å². The van der Waals surface area contributed by atoms with Gasteiger partial charge in [-0.25, -0.2) is 0 Å². The molecule has 6 heteroatoms. The molecule has 2 fully saturated rings. The van der Waals surface area contributed by atoms with E-state index < -0.39 is 0 Å². The first-order valence-electron chi connectivity index (χ1n) is 11.3. The SMILES string of the molecule is Cc1cc(C(=O)CN2CCN(Cc3ccc(C#N)cc3)CC2)c(C)n1CC1CCCO1. The zero-order valence-corrected chi connectivity index (χ0v) is 18.6. The first-order valence-corrected chi connectivity index (χ1v) is 11.3. The summed E-state index contributed by atoms with van der Waals surface area (Å²) < 4.78 is 8.04. The Labute approximate surface area is 185 Å². The molecule has 0 N–H and O–H groups in total. The number of Topliss-reactive ketones (excluding diaryl/α,β-unsaturated/α-hetero) is 1. The molecule has 0 aliphatic carbocycles. The van der Waals surface area contributed by atoms with Crippen LogP contribution in [0.5, 0.6) is 0 Å². The highest BCUT2D eigenvalue weighted by Crippen LogP contribution is 2.21. The summed E-state index contributed by atoms with van der Waals surface area (Å²) >= 11 is 0. The lowest BCUT2D eigenvalue weighted by atomic mass is 10.1. The first kappa shape index (κ1) is 21.8. The van der Waals surface area contributed by atoms with Crippen LogP contribution < -0.4 is 0 Å². The van der Waals surface area contributed by atoms with Gasteiger partial charge in [0.1, 0.15) is 0 Å². The van der Waals surface area contributed by atoms with E-state index in [0.29, 0.717) is 12.1 Å². The second-order valence-electron chi connectivity index (χ2n) is 8.81. The van der Waals surface area contributed by atoms with Gasteiger partial charge in [0.2, 0.25) is 0 Å². The second-order valence-corrected chi connectivity index (χ2v) is 8.81. The van der Waals surface area contributed by atoms with Crippen LogP contribution in [0.25, 0.3) is 0 Å². The van der Waals surface area contributed by atoms with E-state index in [0.717, 1.165) is 75.7 Å². The quantitative estimate of drug-likeness (QED) is 0.644. The Morgan fingerprint density at radius 2 is 1.84 bits per heavy atom. The first-order chi connectivity index (χ1) is 15.0. The van der Waals surface area contributed by atoms with Gasteiger partial charge in [0.15, 0.2) is 5.78 Å². The van der Waals surface area contributed by atoms with Crippen LogP contribution in [0.2, 0.25) is 0 Å². The minimum atomic E-state index is 0.215. The highest BCUT2D eigenvalue weighted by molar-refractivity contribution is 5.99. The molecule has 2 saturated heterocycles. The number of ketones is 1. The fraction of sp³-hybridized carbons (Fsp3) is 0.520. The number of aryl methyl sites for hydroxylation is 1. The molecule has 1 aromatic carbocycles. The number of nitrogens with zero attached hydrogens (tertiary/aromatic N) is 4. The van der Waals surface area contributed by atoms with Gasteiger partial charge < -0.3 is 9.30 Å². The molecule has 0 bridgehead atoms. The average Bonchev–Trinajstić information content (AvgIpc) is 3.39. The topological polar surface area (TPSA) is 61.5 Å². The van der Waals surface area contributed by atoms with Crippen LogP contribution in [0.4, 0.5) is 0 Å². The number of hydrogen-bond acceptors (Lipinski definition) is 5. The summed E-state index contributed by atoms with van der Waals surface area (Å²) in [4.78, 5) is 17.7. The number of hydrogen-bond donors (Lipinski definition) is 0. The zero-order chi connectivity index (χ0) is 21.8. The third-order valence-corrected chi connectivity index (χ3v) is 6.61. The Hall–Kier alpha value is -2.46. The molecule has 6 nitrogen and oxygen atoms in total. The van der Waals surface area contributed by atoms with E-state index >= 15 is 0 Å². The van der Waals surface area contributed by atoms with Crippen LogP contribution in [-0.4, -0.2) is 65.6 Å². The van der Waals surface area contributed by atoms with E-state index in [9.17, 15) is 4.79 Å². The van der Waals surface area contributed by atoms with E-state index in [-0.39, 0.29) is 11.9 Å². The Balaban J connectivity index is 1.29. The molecule has 2 aliphatic rings. The minimum absolute atomic E-state index is 0.215. The third-order valence-electron chi connectivity index (χ3n) is 6.61. The summed E-state index contributed by atoms with van der Waals surface area (Å²) in [6.45, 7) is 10.9. The van der Waals surface area contributed by atoms with E-state index in [4.69, 9.17) is 10.00 Å². The van der Waals surface area contributed by atoms with Crippen LogP contribution in [0, 0.1) is 25.2 Å². The molecule has 4 rings (SSSR count). The number of rotatable bonds is 7. The number of carbonyl (C=O) groups excluding carboxylic acids is 1. The predicted molar refractivity (Wildman–Crippen MR) is 120 cm³/mol. The van der Waals surface area contributed by atoms with E-state index in [2.05, 4.69) is 34.3 Å². The van der Waals surface area contributed by atoms with Crippen LogP contribution in [0.1, 0.15) is 45.7 Å². The second kappa shape index (κ2) is 9.78. The molecule has 0 saturated carbocycles. The van der Waals surface area contributed by atoms with Gasteiger partial charge in [-0.2, -0.15) is 5.26 Å². The fourth-order valence-corrected chi connectivity index (χ4v) is 4.69. The molecule has 31 heavy (non-hydrogen) atoms. The minimum Gasteiger partial charge on any atom is -0.376 e. The predicted octanol–water partition coefficient (Wildman–Crippen LogP) is 3.16. The van der Waals surface area contributed by atoms with Crippen LogP contribution >= 0.6 is 0 Å². The number of carbonyl (C=O) groups is 1. The van der Waals surface area contributed by atoms with Crippen molar-refractivity contribution < 1.29 is 9.53 Å². The van der Waals surface area contributed by atoms with Crippen LogP contribution in [-0.2, 0) is 17.8 Å². The summed E-state index contributed by atoms with van der Waals surface area (Å²) in [5.41, 5.74) is 4.99. The number of piperazine rings is 1. The molecule has 1 aromatic heterocycles. The highest BCUT2D eigenvalue weighted by Gasteiger charge is 2.24. The normalized spacial score (nSPS) is 20.1. The lowest BCUT2D eigenvalue weighted by molar-refractivity contribution is 0.0841. The third kappa shape index (κ3) is 5.24. The van der Waals surface area contributed by atoms with Gasteiger partial charge in [0.05, 0.1) is 24.3 Å². The maximum absolute atomic E-state index is 13.0. The van der Waals surface area contributed by atoms with Crippen molar-refractivity contribution in [1.82, 2.24) is 14.4 Å². The van der Waals surface area contributed by atoms with Gasteiger partial charge in [0.25, 0.3) is 0 Å². The molecule has 2 aliphatic heterocycles. The zero-order valence-electron chi connectivity index (χ0n) is 18.6. The van der Waals surface area contributed by atoms with Crippen LogP contribution in [0.3, 0.4) is 0 Å². The Bertz CT molecular complexity index is 943. The molecule has 0 amide bonds. The molecule has 1 atom stereocenters. The molecule has 1 unspecified atom stereocenters. The maximum atomic E-state index is 13.0. The highest BCUT2D eigenvalue weighted by atomic mass is 16.5. The summed E-state index contributed by atoms with van der Waals surface area (Å²) in [6.07, 6.45) is 2.51. The number of ether oxygens (including phenoxy) is 1. The molecule has 0 spiro atoms. The summed E-state index contributed by atoms with van der Waals surface area (Å²) in [5, 5.41) is 8.93. The maximum Gasteiger partial charge on any atom is 0.178 e. The fourth-order valence-electron chi connectivity index (χ4n) is 4.69. The molecule has 3 heterocycles. The van der Waals surface area contributed by atoms with E-state index in [1.165, 1.54) is 5.56 Å². The molecular weight excluding hydrogens is 388 g/mol. The number of aromatic nitrogens is 1. The van der Waals surface area contributed by atoms with Crippen molar-refractivity contribution in [3.8, 4) is 6.07 Å². The monoisotopic (exact) mass is 420 g/mol. The van der Waals surface area contributed by atoms with Crippen molar-refractivity contribution in [3.05, 3.63) is 58.4 Å². The Kier molecular flexibility index (Phi) is 6.86. The number of nitriles is 1. The van der Waals surface area contributed by atoms with E-state index in [1.807, 2.05) is 30.3 Å². The van der Waals surface area contributed by atoms with E-state index in [1.54, 1.807) is 0 Å². The lowest BCUT2D eigenvalue weighted by Crippen LogP contribution is -2.47. The molecule has 2 aromatic rings. The molecule has 164 valence electrons. The van der Waals surface area contributed by atoms with Crippen molar-refractivity contribution in [2.75, 3.05) is 39.3 Å². The van der Waals surface area contributed by atoms with Crippen LogP contribution in [0.15, 0.2) is 30.3 Å². The smallest absolute Gasteiger partial charge is 0.178 e. The molecular formula is C25H32N4O2. The van der Waals surface area contributed by atoms with Gasteiger partial charge in [-0.15, -0.1) is 0 Å². The number of benzene rings is 1. The lowest BCUT2D eigenvalue weighted by Gasteiger charge is -2.34. The van der Waals surface area contributed by atoms with Crippen molar-refractivity contribution in [1.29, 1.82) is 5.26 Å². The van der Waals surface area contributed by atoms with Gasteiger partial charge >= 0.3 is 0 Å². The standard InChI is InChI=1S/C25H32N4O2/c1-19-14-24(20(2)29(19)17-23-4-3-13-31-23)25(30)18-28-11-9-27(10-12-28)16-22-7-5-21(15-26)6-8-22/h5-8,14,23H,3-4,9-13,16-18H2,1-2H3. The van der Waals surface area contributed by atoms with Crippen molar-refractivity contribution in [2.45, 2.75) is 45.9 Å². The van der Waals surface area contributed by atoms with Crippen molar-refractivity contribution in [2.24, 2.45) is 0 Å². The summed E-state index contributed by atoms with van der Waals surface area (Å²) in [5.74, 6) is 0.215. The Morgan fingerprint density at radius 1 is 1.13 bits per heavy atom. The summed E-state index contributed by atoms with van der Waals surface area (Å²) in [6, 6.07) is 12.0. The summed E-state index contributed by atoms with van der Waals surface area (Å²) in [7, 11) is 0. The van der Waals surface area contributed by atoms with Gasteiger partial charge in [0, 0.05) is 62.8 Å². The van der Waals surface area contributed by atoms with Crippen molar-refractivity contribution >= 4 is 5.78 Å². The van der Waals surface area contributed by atoms with Gasteiger partial charge in [-0.05, 0) is 50.5 Å². The van der Waals surface area contributed by atoms with Gasteiger partial charge in [-0.1, -0.05) is 12.1 Å². The average molecular weight is 421 g/mol.